The first kappa shape index (κ1) is 26.9. The van der Waals surface area contributed by atoms with Crippen LogP contribution in [-0.4, -0.2) is 48.2 Å². The van der Waals surface area contributed by atoms with Crippen LogP contribution in [0, 0.1) is 11.3 Å². The fourth-order valence-corrected chi connectivity index (χ4v) is 6.15. The fourth-order valence-electron chi connectivity index (χ4n) is 6.15. The number of ether oxygens (including phenoxy) is 3. The van der Waals surface area contributed by atoms with Crippen LogP contribution < -0.4 is 4.74 Å². The van der Waals surface area contributed by atoms with Crippen molar-refractivity contribution >= 4 is 0 Å². The zero-order valence-electron chi connectivity index (χ0n) is 23.3. The number of aryl methyl sites for hydroxylation is 1. The van der Waals surface area contributed by atoms with E-state index in [1.54, 1.807) is 7.11 Å². The molecule has 2 aliphatic heterocycles. The molecule has 0 amide bonds. The van der Waals surface area contributed by atoms with Crippen molar-refractivity contribution in [2.24, 2.45) is 11.3 Å². The molecule has 204 valence electrons. The molecule has 6 heteroatoms. The first-order chi connectivity index (χ1) is 18.6. The Morgan fingerprint density at radius 1 is 1.03 bits per heavy atom. The number of benzene rings is 2. The molecule has 5 rings (SSSR count). The minimum absolute atomic E-state index is 0.235. The summed E-state index contributed by atoms with van der Waals surface area (Å²) in [6.45, 7) is 11.5. The molecular formula is C32H43N3O3. The van der Waals surface area contributed by atoms with E-state index in [1.165, 1.54) is 28.1 Å². The van der Waals surface area contributed by atoms with Crippen molar-refractivity contribution in [2.75, 3.05) is 33.5 Å². The number of rotatable bonds is 10. The molecule has 2 aromatic carbocycles. The van der Waals surface area contributed by atoms with E-state index in [1.807, 2.05) is 6.07 Å². The molecule has 3 aromatic rings. The molecule has 0 aliphatic carbocycles. The van der Waals surface area contributed by atoms with Gasteiger partial charge >= 0.3 is 0 Å². The zero-order valence-corrected chi connectivity index (χ0v) is 23.3. The quantitative estimate of drug-likeness (QED) is 0.347. The summed E-state index contributed by atoms with van der Waals surface area (Å²) >= 11 is 0. The van der Waals surface area contributed by atoms with Crippen molar-refractivity contribution in [2.45, 2.75) is 65.8 Å². The Bertz CT molecular complexity index is 1150. The van der Waals surface area contributed by atoms with E-state index in [2.05, 4.69) is 72.0 Å². The summed E-state index contributed by atoms with van der Waals surface area (Å²) in [5, 5.41) is 5.19. The van der Waals surface area contributed by atoms with Crippen molar-refractivity contribution in [1.82, 2.24) is 14.7 Å². The van der Waals surface area contributed by atoms with Crippen molar-refractivity contribution in [3.8, 4) is 5.75 Å². The number of fused-ring (bicyclic) bond motifs is 1. The maximum absolute atomic E-state index is 6.10. The lowest BCUT2D eigenvalue weighted by molar-refractivity contribution is -0.00467. The summed E-state index contributed by atoms with van der Waals surface area (Å²) in [6, 6.07) is 19.0. The van der Waals surface area contributed by atoms with E-state index in [0.29, 0.717) is 12.5 Å². The average molecular weight is 518 g/mol. The molecule has 1 fully saturated rings. The number of aromatic nitrogens is 2. The highest BCUT2D eigenvalue weighted by atomic mass is 16.5. The molecule has 2 aliphatic rings. The molecule has 1 aromatic heterocycles. The molecule has 0 unspecified atom stereocenters. The third-order valence-corrected chi connectivity index (χ3v) is 8.21. The van der Waals surface area contributed by atoms with Gasteiger partial charge in [0.15, 0.2) is 0 Å². The van der Waals surface area contributed by atoms with Crippen LogP contribution in [0.25, 0.3) is 0 Å². The van der Waals surface area contributed by atoms with Gasteiger partial charge in [-0.1, -0.05) is 49.4 Å². The van der Waals surface area contributed by atoms with Crippen molar-refractivity contribution in [3.63, 3.8) is 0 Å². The molecule has 38 heavy (non-hydrogen) atoms. The van der Waals surface area contributed by atoms with Gasteiger partial charge in [-0.25, -0.2) is 0 Å². The number of nitrogens with zero attached hydrogens (tertiary/aromatic N) is 3. The van der Waals surface area contributed by atoms with Gasteiger partial charge in [-0.2, -0.15) is 5.10 Å². The largest absolute Gasteiger partial charge is 0.497 e. The predicted octanol–water partition coefficient (Wildman–Crippen LogP) is 5.66. The van der Waals surface area contributed by atoms with E-state index in [-0.39, 0.29) is 5.41 Å². The highest BCUT2D eigenvalue weighted by Gasteiger charge is 2.40. The second kappa shape index (κ2) is 12.5. The average Bonchev–Trinajstić information content (AvgIpc) is 3.16. The van der Waals surface area contributed by atoms with Crippen molar-refractivity contribution in [1.29, 1.82) is 0 Å². The fraction of sp³-hybridized carbons (Fsp3) is 0.531. The molecule has 6 nitrogen and oxygen atoms in total. The SMILES string of the molecule is CCn1nc(C[C@@H](C)COCc2ccccc2)c2c1CN(Cc1ccc(OC)cc1)CC1(CCOCC1)C2. The van der Waals surface area contributed by atoms with Gasteiger partial charge in [-0.3, -0.25) is 9.58 Å². The number of methoxy groups -OCH3 is 1. The minimum atomic E-state index is 0.235. The lowest BCUT2D eigenvalue weighted by Crippen LogP contribution is -2.41. The van der Waals surface area contributed by atoms with E-state index in [0.717, 1.165) is 77.4 Å². The molecular weight excluding hydrogens is 474 g/mol. The highest BCUT2D eigenvalue weighted by Crippen LogP contribution is 2.41. The highest BCUT2D eigenvalue weighted by molar-refractivity contribution is 5.31. The molecule has 3 heterocycles. The lowest BCUT2D eigenvalue weighted by atomic mass is 9.75. The van der Waals surface area contributed by atoms with Crippen LogP contribution in [0.3, 0.4) is 0 Å². The van der Waals surface area contributed by atoms with Crippen LogP contribution in [0.2, 0.25) is 0 Å². The van der Waals surface area contributed by atoms with Crippen molar-refractivity contribution in [3.05, 3.63) is 82.7 Å². The summed E-state index contributed by atoms with van der Waals surface area (Å²) in [6.07, 6.45) is 4.27. The van der Waals surface area contributed by atoms with Gasteiger partial charge in [0.05, 0.1) is 25.1 Å². The first-order valence-electron chi connectivity index (χ1n) is 14.2. The normalized spacial score (nSPS) is 18.2. The van der Waals surface area contributed by atoms with Crippen LogP contribution in [0.4, 0.5) is 0 Å². The standard InChI is InChI=1S/C32H43N3O3/c1-4-35-31-21-34(20-26-10-12-28(36-3)13-11-26)24-32(14-16-37-17-15-32)19-29(31)30(33-35)18-25(2)22-38-23-27-8-6-5-7-9-27/h5-13,25H,4,14-24H2,1-3H3/t25-/m1/s1. The van der Waals surface area contributed by atoms with Crippen LogP contribution in [0.1, 0.15) is 54.8 Å². The third-order valence-electron chi connectivity index (χ3n) is 8.21. The van der Waals surface area contributed by atoms with Crippen LogP contribution in [0.15, 0.2) is 54.6 Å². The third kappa shape index (κ3) is 6.48. The Morgan fingerprint density at radius 3 is 2.50 bits per heavy atom. The summed E-state index contributed by atoms with van der Waals surface area (Å²) in [5.41, 5.74) is 6.94. The van der Waals surface area contributed by atoms with Gasteiger partial charge in [-0.05, 0) is 72.8 Å². The molecule has 1 atom stereocenters. The van der Waals surface area contributed by atoms with Crippen LogP contribution in [0.5, 0.6) is 5.75 Å². The summed E-state index contributed by atoms with van der Waals surface area (Å²) in [5.74, 6) is 1.32. The Morgan fingerprint density at radius 2 is 1.79 bits per heavy atom. The van der Waals surface area contributed by atoms with E-state index in [9.17, 15) is 0 Å². The first-order valence-corrected chi connectivity index (χ1v) is 14.2. The van der Waals surface area contributed by atoms with E-state index < -0.39 is 0 Å². The van der Waals surface area contributed by atoms with Gasteiger partial charge < -0.3 is 14.2 Å². The summed E-state index contributed by atoms with van der Waals surface area (Å²) in [4.78, 5) is 2.64. The second-order valence-electron chi connectivity index (χ2n) is 11.3. The smallest absolute Gasteiger partial charge is 0.118 e. The maximum atomic E-state index is 6.10. The van der Waals surface area contributed by atoms with Crippen LogP contribution >= 0.6 is 0 Å². The van der Waals surface area contributed by atoms with Crippen molar-refractivity contribution < 1.29 is 14.2 Å². The molecule has 0 N–H and O–H groups in total. The molecule has 0 bridgehead atoms. The zero-order chi connectivity index (χ0) is 26.4. The Labute approximate surface area is 227 Å². The Balaban J connectivity index is 1.35. The monoisotopic (exact) mass is 517 g/mol. The topological polar surface area (TPSA) is 48.8 Å². The van der Waals surface area contributed by atoms with E-state index >= 15 is 0 Å². The summed E-state index contributed by atoms with van der Waals surface area (Å²) < 4.78 is 19.6. The number of hydrogen-bond acceptors (Lipinski definition) is 5. The molecule has 0 radical (unpaired) electrons. The van der Waals surface area contributed by atoms with E-state index in [4.69, 9.17) is 19.3 Å². The van der Waals surface area contributed by atoms with Gasteiger partial charge in [0.1, 0.15) is 5.75 Å². The molecule has 1 spiro atoms. The maximum Gasteiger partial charge on any atom is 0.118 e. The Hall–Kier alpha value is -2.67. The van der Waals surface area contributed by atoms with Crippen LogP contribution in [-0.2, 0) is 48.6 Å². The van der Waals surface area contributed by atoms with Gasteiger partial charge in [0, 0.05) is 46.0 Å². The van der Waals surface area contributed by atoms with Gasteiger partial charge in [-0.15, -0.1) is 0 Å². The Kier molecular flexibility index (Phi) is 8.82. The number of hydrogen-bond donors (Lipinski definition) is 0. The molecule has 0 saturated carbocycles. The minimum Gasteiger partial charge on any atom is -0.497 e. The second-order valence-corrected chi connectivity index (χ2v) is 11.3. The summed E-state index contributed by atoms with van der Waals surface area (Å²) in [7, 11) is 1.72. The van der Waals surface area contributed by atoms with Gasteiger partial charge in [0.2, 0.25) is 0 Å². The predicted molar refractivity (Wildman–Crippen MR) is 150 cm³/mol. The van der Waals surface area contributed by atoms with Gasteiger partial charge in [0.25, 0.3) is 0 Å². The lowest BCUT2D eigenvalue weighted by Gasteiger charge is -2.39. The molecule has 1 saturated heterocycles.